The summed E-state index contributed by atoms with van der Waals surface area (Å²) in [4.78, 5) is 0. The normalized spacial score (nSPS) is 14.2. The summed E-state index contributed by atoms with van der Waals surface area (Å²) < 4.78 is 43.8. The minimum Gasteiger partial charge on any atom is -0.376 e. The molecule has 0 aromatic rings. The number of hydrogen-bond acceptors (Lipinski definition) is 1. The molecule has 8 heavy (non-hydrogen) atoms. The largest absolute Gasteiger partial charge is 0.414 e. The van der Waals surface area contributed by atoms with Crippen molar-refractivity contribution >= 4 is 0 Å². The highest BCUT2D eigenvalue weighted by Gasteiger charge is 2.24. The van der Waals surface area contributed by atoms with Gasteiger partial charge in [-0.15, -0.1) is 0 Å². The molecular weight excluding hydrogens is 126 g/mol. The lowest BCUT2D eigenvalue weighted by Crippen LogP contribution is -2.05. The molecular formula is C3H3F4N. The lowest BCUT2D eigenvalue weighted by Gasteiger charge is -1.94. The van der Waals surface area contributed by atoms with Crippen molar-refractivity contribution in [3.05, 3.63) is 12.0 Å². The van der Waals surface area contributed by atoms with Crippen molar-refractivity contribution in [2.24, 2.45) is 5.73 Å². The van der Waals surface area contributed by atoms with E-state index < -0.39 is 18.2 Å². The molecule has 0 heterocycles. The average Bonchev–Trinajstić information content (AvgIpc) is 1.21. The van der Waals surface area contributed by atoms with Gasteiger partial charge in [-0.2, -0.15) is 17.6 Å². The Labute approximate surface area is 42.8 Å². The van der Waals surface area contributed by atoms with E-state index in [-0.39, 0.29) is 0 Å². The molecule has 0 aromatic carbocycles. The Balaban J connectivity index is 3.89. The third-order valence-electron chi connectivity index (χ3n) is 0.302. The summed E-state index contributed by atoms with van der Waals surface area (Å²) in [5.41, 5.74) is 4.05. The maximum Gasteiger partial charge on any atom is 0.414 e. The molecule has 0 radical (unpaired) electrons. The fourth-order valence-electron chi connectivity index (χ4n) is 0.156. The second-order valence-corrected chi connectivity index (χ2v) is 1.07. The molecule has 0 saturated carbocycles. The minimum absolute atomic E-state index is 0.618. The van der Waals surface area contributed by atoms with Crippen LogP contribution >= 0.6 is 0 Å². The van der Waals surface area contributed by atoms with Gasteiger partial charge in [0, 0.05) is 0 Å². The molecule has 0 amide bonds. The molecule has 0 unspecified atom stereocenters. The van der Waals surface area contributed by atoms with E-state index in [4.69, 9.17) is 0 Å². The van der Waals surface area contributed by atoms with Crippen molar-refractivity contribution in [1.29, 1.82) is 0 Å². The highest BCUT2D eigenvalue weighted by Crippen LogP contribution is 2.16. The van der Waals surface area contributed by atoms with Crippen LogP contribution in [-0.4, -0.2) is 6.18 Å². The number of hydrogen-bond donors (Lipinski definition) is 1. The van der Waals surface area contributed by atoms with Crippen LogP contribution in [0.5, 0.6) is 0 Å². The fourth-order valence-corrected chi connectivity index (χ4v) is 0.156. The van der Waals surface area contributed by atoms with Crippen molar-refractivity contribution in [3.63, 3.8) is 0 Å². The van der Waals surface area contributed by atoms with Crippen molar-refractivity contribution in [1.82, 2.24) is 0 Å². The number of alkyl halides is 3. The van der Waals surface area contributed by atoms with Crippen LogP contribution in [0.25, 0.3) is 0 Å². The summed E-state index contributed by atoms with van der Waals surface area (Å²) >= 11 is 0. The first-order valence-corrected chi connectivity index (χ1v) is 1.62. The summed E-state index contributed by atoms with van der Waals surface area (Å²) in [6, 6.07) is 0. The summed E-state index contributed by atoms with van der Waals surface area (Å²) in [7, 11) is 0. The van der Waals surface area contributed by atoms with Gasteiger partial charge in [0.1, 0.15) is 0 Å². The van der Waals surface area contributed by atoms with Gasteiger partial charge in [0.05, 0.1) is 6.08 Å². The monoisotopic (exact) mass is 129 g/mol. The third kappa shape index (κ3) is 5.26. The molecule has 0 aliphatic heterocycles. The lowest BCUT2D eigenvalue weighted by molar-refractivity contribution is -0.0814. The van der Waals surface area contributed by atoms with Crippen LogP contribution < -0.4 is 5.73 Å². The standard InChI is InChI=1S/C3H3F4N/c4-2(8)1-3(5,6)7/h1H,8H2/b2-1-. The van der Waals surface area contributed by atoms with Crippen molar-refractivity contribution in [2.45, 2.75) is 6.18 Å². The number of rotatable bonds is 0. The van der Waals surface area contributed by atoms with Gasteiger partial charge >= 0.3 is 6.18 Å². The second-order valence-electron chi connectivity index (χ2n) is 1.07. The second kappa shape index (κ2) is 2.02. The Morgan fingerprint density at radius 1 is 1.38 bits per heavy atom. The Hall–Kier alpha value is -0.740. The summed E-state index contributed by atoms with van der Waals surface area (Å²) in [6.45, 7) is 0. The fraction of sp³-hybridized carbons (Fsp3) is 0.333. The van der Waals surface area contributed by atoms with Gasteiger partial charge in [0.2, 0.25) is 0 Å². The van der Waals surface area contributed by atoms with E-state index in [9.17, 15) is 17.6 Å². The quantitative estimate of drug-likeness (QED) is 0.387. The molecule has 0 bridgehead atoms. The SMILES string of the molecule is N/C(F)=C\C(F)(F)F. The highest BCUT2D eigenvalue weighted by molar-refractivity contribution is 4.91. The number of allylic oxidation sites excluding steroid dienone is 1. The van der Waals surface area contributed by atoms with E-state index in [1.165, 1.54) is 0 Å². The Kier molecular flexibility index (Phi) is 1.83. The van der Waals surface area contributed by atoms with Crippen LogP contribution in [-0.2, 0) is 0 Å². The molecule has 0 aromatic heterocycles. The molecule has 0 aliphatic carbocycles. The van der Waals surface area contributed by atoms with E-state index >= 15 is 0 Å². The topological polar surface area (TPSA) is 26.0 Å². The van der Waals surface area contributed by atoms with Crippen LogP contribution in [0.4, 0.5) is 17.6 Å². The molecule has 0 aliphatic rings. The summed E-state index contributed by atoms with van der Waals surface area (Å²) in [6.07, 6.45) is -5.26. The first-order valence-electron chi connectivity index (χ1n) is 1.62. The van der Waals surface area contributed by atoms with Crippen LogP contribution in [0.2, 0.25) is 0 Å². The first-order chi connectivity index (χ1) is 3.42. The van der Waals surface area contributed by atoms with E-state index in [0.29, 0.717) is 0 Å². The number of halogens is 4. The van der Waals surface area contributed by atoms with E-state index in [0.717, 1.165) is 0 Å². The highest BCUT2D eigenvalue weighted by atomic mass is 19.4. The van der Waals surface area contributed by atoms with Gasteiger partial charge in [-0.1, -0.05) is 0 Å². The van der Waals surface area contributed by atoms with Crippen molar-refractivity contribution in [2.75, 3.05) is 0 Å². The predicted molar refractivity (Wildman–Crippen MR) is 19.4 cm³/mol. The van der Waals surface area contributed by atoms with Gasteiger partial charge in [-0.3, -0.25) is 0 Å². The molecule has 2 N–H and O–H groups in total. The molecule has 0 fully saturated rings. The lowest BCUT2D eigenvalue weighted by atomic mass is 10.6. The smallest absolute Gasteiger partial charge is 0.376 e. The Bertz CT molecular complexity index is 98.3. The van der Waals surface area contributed by atoms with Crippen LogP contribution in [0, 0.1) is 0 Å². The van der Waals surface area contributed by atoms with Gasteiger partial charge < -0.3 is 5.73 Å². The van der Waals surface area contributed by atoms with Crippen LogP contribution in [0.15, 0.2) is 12.0 Å². The van der Waals surface area contributed by atoms with Crippen molar-refractivity contribution < 1.29 is 17.6 Å². The Morgan fingerprint density at radius 3 is 1.75 bits per heavy atom. The predicted octanol–water partition coefficient (Wildman–Crippen LogP) is 1.32. The van der Waals surface area contributed by atoms with Gasteiger partial charge in [-0.05, 0) is 0 Å². The first kappa shape index (κ1) is 7.26. The van der Waals surface area contributed by atoms with E-state index in [1.54, 1.807) is 0 Å². The van der Waals surface area contributed by atoms with Gasteiger partial charge in [0.15, 0.2) is 5.95 Å². The molecule has 48 valence electrons. The molecule has 0 spiro atoms. The Morgan fingerprint density at radius 2 is 1.75 bits per heavy atom. The zero-order valence-electron chi connectivity index (χ0n) is 3.67. The van der Waals surface area contributed by atoms with E-state index in [2.05, 4.69) is 5.73 Å². The molecule has 0 atom stereocenters. The van der Waals surface area contributed by atoms with Crippen LogP contribution in [0.3, 0.4) is 0 Å². The molecule has 0 saturated heterocycles. The van der Waals surface area contributed by atoms with Gasteiger partial charge in [-0.25, -0.2) is 0 Å². The average molecular weight is 129 g/mol. The maximum absolute atomic E-state index is 11.1. The van der Waals surface area contributed by atoms with Gasteiger partial charge in [0.25, 0.3) is 0 Å². The zero-order chi connectivity index (χ0) is 6.78. The van der Waals surface area contributed by atoms with Crippen molar-refractivity contribution in [3.8, 4) is 0 Å². The summed E-state index contributed by atoms with van der Waals surface area (Å²) in [5.74, 6) is -1.72. The zero-order valence-corrected chi connectivity index (χ0v) is 3.67. The molecule has 0 rings (SSSR count). The number of nitrogens with two attached hydrogens (primary N) is 1. The summed E-state index contributed by atoms with van der Waals surface area (Å²) in [5, 5.41) is 0. The maximum atomic E-state index is 11.1. The van der Waals surface area contributed by atoms with E-state index in [1.807, 2.05) is 0 Å². The van der Waals surface area contributed by atoms with Crippen LogP contribution in [0.1, 0.15) is 0 Å². The molecule has 5 heteroatoms. The molecule has 1 nitrogen and oxygen atoms in total. The third-order valence-corrected chi connectivity index (χ3v) is 0.302. The minimum atomic E-state index is -4.64.